The van der Waals surface area contributed by atoms with Crippen molar-refractivity contribution in [3.63, 3.8) is 0 Å². The molecule has 0 radical (unpaired) electrons. The van der Waals surface area contributed by atoms with E-state index < -0.39 is 0 Å². The third kappa shape index (κ3) is 3.72. The largest absolute Gasteiger partial charge is 0.322 e. The van der Waals surface area contributed by atoms with E-state index in [4.69, 9.17) is 16.6 Å². The predicted octanol–water partition coefficient (Wildman–Crippen LogP) is 6.57. The highest BCUT2D eigenvalue weighted by molar-refractivity contribution is 9.10. The Hall–Kier alpha value is -2.69. The monoisotopic (exact) mass is 436 g/mol. The molecule has 0 aliphatic heterocycles. The van der Waals surface area contributed by atoms with Crippen molar-refractivity contribution in [3.8, 4) is 11.3 Å². The van der Waals surface area contributed by atoms with Crippen LogP contribution in [0.1, 0.15) is 10.4 Å². The Balaban J connectivity index is 1.83. The predicted molar refractivity (Wildman–Crippen MR) is 114 cm³/mol. The molecule has 0 spiro atoms. The lowest BCUT2D eigenvalue weighted by molar-refractivity contribution is 0.102. The Morgan fingerprint density at radius 1 is 0.926 bits per heavy atom. The van der Waals surface area contributed by atoms with Crippen molar-refractivity contribution in [2.24, 2.45) is 0 Å². The molecule has 27 heavy (non-hydrogen) atoms. The van der Waals surface area contributed by atoms with Crippen LogP contribution in [0.2, 0.25) is 5.02 Å². The fourth-order valence-electron chi connectivity index (χ4n) is 2.93. The van der Waals surface area contributed by atoms with Crippen LogP contribution < -0.4 is 5.32 Å². The molecule has 4 rings (SSSR count). The molecule has 3 aromatic carbocycles. The van der Waals surface area contributed by atoms with Crippen LogP contribution in [0.4, 0.5) is 5.69 Å². The molecule has 132 valence electrons. The van der Waals surface area contributed by atoms with Crippen LogP contribution in [0.3, 0.4) is 0 Å². The first kappa shape index (κ1) is 17.7. The molecule has 0 aliphatic carbocycles. The highest BCUT2D eigenvalue weighted by Gasteiger charge is 2.15. The Bertz CT molecular complexity index is 1160. The van der Waals surface area contributed by atoms with Crippen LogP contribution in [0.25, 0.3) is 22.2 Å². The maximum absolute atomic E-state index is 13.0. The normalized spacial score (nSPS) is 10.7. The number of carbonyl (C=O) groups is 1. The third-order valence-electron chi connectivity index (χ3n) is 4.19. The van der Waals surface area contributed by atoms with E-state index in [9.17, 15) is 4.79 Å². The van der Waals surface area contributed by atoms with Crippen LogP contribution in [0.15, 0.2) is 83.3 Å². The summed E-state index contributed by atoms with van der Waals surface area (Å²) in [6.07, 6.45) is 0. The van der Waals surface area contributed by atoms with Crippen LogP contribution in [0, 0.1) is 0 Å². The number of hydrogen-bond donors (Lipinski definition) is 1. The number of anilines is 1. The van der Waals surface area contributed by atoms with Gasteiger partial charge in [0.05, 0.1) is 16.8 Å². The zero-order valence-electron chi connectivity index (χ0n) is 14.1. The van der Waals surface area contributed by atoms with Gasteiger partial charge in [-0.3, -0.25) is 4.79 Å². The van der Waals surface area contributed by atoms with Gasteiger partial charge in [-0.25, -0.2) is 4.98 Å². The first-order valence-corrected chi connectivity index (χ1v) is 9.50. The molecule has 0 bridgehead atoms. The number of aromatic nitrogens is 1. The van der Waals surface area contributed by atoms with E-state index in [2.05, 4.69) is 21.2 Å². The highest BCUT2D eigenvalue weighted by atomic mass is 79.9. The molecular weight excluding hydrogens is 424 g/mol. The topological polar surface area (TPSA) is 42.0 Å². The molecule has 0 fully saturated rings. The summed E-state index contributed by atoms with van der Waals surface area (Å²) in [5.74, 6) is -0.194. The molecule has 1 amide bonds. The van der Waals surface area contributed by atoms with Crippen LogP contribution in [0.5, 0.6) is 0 Å². The lowest BCUT2D eigenvalue weighted by atomic mass is 10.0. The summed E-state index contributed by atoms with van der Waals surface area (Å²) in [5, 5.41) is 4.34. The maximum Gasteiger partial charge on any atom is 0.256 e. The summed E-state index contributed by atoms with van der Waals surface area (Å²) < 4.78 is 0.900. The quantitative estimate of drug-likeness (QED) is 0.394. The number of carbonyl (C=O) groups excluding carboxylic acids is 1. The molecule has 1 heterocycles. The number of hydrogen-bond acceptors (Lipinski definition) is 2. The van der Waals surface area contributed by atoms with E-state index in [0.717, 1.165) is 26.6 Å². The SMILES string of the molecule is O=C(Nc1cccc(Br)c1)c1cc(-c2ccccc2Cl)nc2ccccc12. The number of amides is 1. The van der Waals surface area contributed by atoms with Gasteiger partial charge in [-0.1, -0.05) is 70.0 Å². The number of pyridine rings is 1. The number of para-hydroxylation sites is 1. The molecule has 5 heteroatoms. The Kier molecular flexibility index (Phi) is 4.92. The van der Waals surface area contributed by atoms with Crippen LogP contribution >= 0.6 is 27.5 Å². The van der Waals surface area contributed by atoms with E-state index >= 15 is 0 Å². The van der Waals surface area contributed by atoms with Gasteiger partial charge in [0.25, 0.3) is 5.91 Å². The van der Waals surface area contributed by atoms with Gasteiger partial charge in [-0.2, -0.15) is 0 Å². The molecule has 0 saturated heterocycles. The molecular formula is C22H14BrClN2O. The first-order chi connectivity index (χ1) is 13.1. The van der Waals surface area contributed by atoms with E-state index in [1.165, 1.54) is 0 Å². The van der Waals surface area contributed by atoms with Crippen molar-refractivity contribution in [2.45, 2.75) is 0 Å². The van der Waals surface area contributed by atoms with E-state index in [1.54, 1.807) is 6.07 Å². The highest BCUT2D eigenvalue weighted by Crippen LogP contribution is 2.30. The average Bonchev–Trinajstić information content (AvgIpc) is 2.67. The third-order valence-corrected chi connectivity index (χ3v) is 5.02. The second-order valence-electron chi connectivity index (χ2n) is 6.02. The van der Waals surface area contributed by atoms with E-state index in [1.807, 2.05) is 72.8 Å². The van der Waals surface area contributed by atoms with Crippen molar-refractivity contribution in [2.75, 3.05) is 5.32 Å². The Morgan fingerprint density at radius 2 is 1.70 bits per heavy atom. The number of benzene rings is 3. The number of halogens is 2. The molecule has 0 atom stereocenters. The molecule has 0 saturated carbocycles. The van der Waals surface area contributed by atoms with Crippen molar-refractivity contribution in [1.29, 1.82) is 0 Å². The number of fused-ring (bicyclic) bond motifs is 1. The first-order valence-electron chi connectivity index (χ1n) is 8.33. The minimum absolute atomic E-state index is 0.194. The summed E-state index contributed by atoms with van der Waals surface area (Å²) in [7, 11) is 0. The van der Waals surface area contributed by atoms with Crippen LogP contribution in [-0.2, 0) is 0 Å². The van der Waals surface area contributed by atoms with Gasteiger partial charge in [0.2, 0.25) is 0 Å². The van der Waals surface area contributed by atoms with Gasteiger partial charge in [0.1, 0.15) is 0 Å². The molecule has 3 nitrogen and oxygen atoms in total. The van der Waals surface area contributed by atoms with Crippen molar-refractivity contribution in [1.82, 2.24) is 4.98 Å². The minimum Gasteiger partial charge on any atom is -0.322 e. The summed E-state index contributed by atoms with van der Waals surface area (Å²) >= 11 is 9.77. The summed E-state index contributed by atoms with van der Waals surface area (Å²) in [4.78, 5) is 17.7. The Labute approximate surface area is 170 Å². The summed E-state index contributed by atoms with van der Waals surface area (Å²) in [6, 6.07) is 24.4. The van der Waals surface area contributed by atoms with Crippen molar-refractivity contribution in [3.05, 3.63) is 93.9 Å². The Morgan fingerprint density at radius 3 is 2.52 bits per heavy atom. The van der Waals surface area contributed by atoms with Crippen molar-refractivity contribution < 1.29 is 4.79 Å². The zero-order chi connectivity index (χ0) is 18.8. The van der Waals surface area contributed by atoms with E-state index in [-0.39, 0.29) is 5.91 Å². The second-order valence-corrected chi connectivity index (χ2v) is 7.34. The van der Waals surface area contributed by atoms with Gasteiger partial charge < -0.3 is 5.32 Å². The van der Waals surface area contributed by atoms with Gasteiger partial charge in [-0.15, -0.1) is 0 Å². The van der Waals surface area contributed by atoms with Gasteiger partial charge in [0.15, 0.2) is 0 Å². The second kappa shape index (κ2) is 7.51. The fraction of sp³-hybridized carbons (Fsp3) is 0. The average molecular weight is 438 g/mol. The van der Waals surface area contributed by atoms with Gasteiger partial charge in [0, 0.05) is 26.1 Å². The lowest BCUT2D eigenvalue weighted by Crippen LogP contribution is -2.13. The molecule has 1 N–H and O–H groups in total. The molecule has 0 aliphatic rings. The maximum atomic E-state index is 13.0. The van der Waals surface area contributed by atoms with E-state index in [0.29, 0.717) is 16.3 Å². The molecule has 4 aromatic rings. The van der Waals surface area contributed by atoms with Gasteiger partial charge in [-0.05, 0) is 36.4 Å². The zero-order valence-corrected chi connectivity index (χ0v) is 16.5. The van der Waals surface area contributed by atoms with Gasteiger partial charge >= 0.3 is 0 Å². The minimum atomic E-state index is -0.194. The van der Waals surface area contributed by atoms with Crippen LogP contribution in [-0.4, -0.2) is 10.9 Å². The fourth-order valence-corrected chi connectivity index (χ4v) is 3.57. The smallest absolute Gasteiger partial charge is 0.256 e. The van der Waals surface area contributed by atoms with Crippen molar-refractivity contribution >= 4 is 50.0 Å². The number of rotatable bonds is 3. The number of nitrogens with zero attached hydrogens (tertiary/aromatic N) is 1. The lowest BCUT2D eigenvalue weighted by Gasteiger charge is -2.11. The summed E-state index contributed by atoms with van der Waals surface area (Å²) in [5.41, 5.74) is 3.47. The number of nitrogens with one attached hydrogen (secondary N) is 1. The molecule has 1 aromatic heterocycles. The summed E-state index contributed by atoms with van der Waals surface area (Å²) in [6.45, 7) is 0. The molecule has 0 unspecified atom stereocenters. The standard InChI is InChI=1S/C22H14BrClN2O/c23-14-6-5-7-15(12-14)25-22(27)18-13-21(17-9-1-3-10-19(17)24)26-20-11-4-2-8-16(18)20/h1-13H,(H,25,27).